The van der Waals surface area contributed by atoms with Crippen LogP contribution in [-0.4, -0.2) is 16.1 Å². The third-order valence-corrected chi connectivity index (χ3v) is 4.44. The molecule has 1 aromatic rings. The maximum absolute atomic E-state index is 12.6. The van der Waals surface area contributed by atoms with Gasteiger partial charge < -0.3 is 15.5 Å². The summed E-state index contributed by atoms with van der Waals surface area (Å²) in [5, 5.41) is 21.5. The lowest BCUT2D eigenvalue weighted by atomic mass is 9.68. The van der Waals surface area contributed by atoms with E-state index in [1.54, 1.807) is 18.2 Å². The van der Waals surface area contributed by atoms with Crippen LogP contribution in [0.2, 0.25) is 0 Å². The van der Waals surface area contributed by atoms with Gasteiger partial charge in [0.25, 0.3) is 0 Å². The standard InChI is InChI=1S/C18H27NO3/c1-12-4-15(9-18(2,3)8-12)17(22)19-16-6-13(10-20)5-14(7-16)11-21/h5-7,12,15,20-21H,4,8-11H2,1-3H3,(H,19,22). The monoisotopic (exact) mass is 305 g/mol. The van der Waals surface area contributed by atoms with Gasteiger partial charge in [0, 0.05) is 11.6 Å². The van der Waals surface area contributed by atoms with Gasteiger partial charge in [0.2, 0.25) is 5.91 Å². The Morgan fingerprint density at radius 3 is 2.27 bits per heavy atom. The lowest BCUT2D eigenvalue weighted by molar-refractivity contribution is -0.122. The normalized spacial score (nSPS) is 24.0. The van der Waals surface area contributed by atoms with Crippen LogP contribution in [0.25, 0.3) is 0 Å². The van der Waals surface area contributed by atoms with Crippen LogP contribution in [0, 0.1) is 17.3 Å². The fourth-order valence-corrected chi connectivity index (χ4v) is 3.81. The maximum atomic E-state index is 12.6. The second-order valence-electron chi connectivity index (χ2n) is 7.45. The van der Waals surface area contributed by atoms with Crippen LogP contribution in [0.1, 0.15) is 51.2 Å². The summed E-state index contributed by atoms with van der Waals surface area (Å²) >= 11 is 0. The van der Waals surface area contributed by atoms with Gasteiger partial charge in [-0.25, -0.2) is 0 Å². The van der Waals surface area contributed by atoms with E-state index in [1.165, 1.54) is 0 Å². The Morgan fingerprint density at radius 2 is 1.77 bits per heavy atom. The zero-order valence-electron chi connectivity index (χ0n) is 13.7. The molecule has 0 spiro atoms. The van der Waals surface area contributed by atoms with Crippen LogP contribution in [0.3, 0.4) is 0 Å². The first-order chi connectivity index (χ1) is 10.3. The van der Waals surface area contributed by atoms with E-state index >= 15 is 0 Å². The van der Waals surface area contributed by atoms with Crippen LogP contribution in [0.5, 0.6) is 0 Å². The smallest absolute Gasteiger partial charge is 0.227 e. The van der Waals surface area contributed by atoms with Crippen molar-refractivity contribution in [3.8, 4) is 0 Å². The summed E-state index contributed by atoms with van der Waals surface area (Å²) in [6.45, 7) is 6.43. The van der Waals surface area contributed by atoms with Crippen molar-refractivity contribution in [1.29, 1.82) is 0 Å². The number of aliphatic hydroxyl groups is 2. The van der Waals surface area contributed by atoms with Crippen molar-refractivity contribution in [2.75, 3.05) is 5.32 Å². The number of carbonyl (C=O) groups is 1. The average molecular weight is 305 g/mol. The third kappa shape index (κ3) is 4.31. The van der Waals surface area contributed by atoms with Crippen LogP contribution in [-0.2, 0) is 18.0 Å². The first kappa shape index (κ1) is 17.0. The van der Waals surface area contributed by atoms with Gasteiger partial charge in [0.05, 0.1) is 13.2 Å². The van der Waals surface area contributed by atoms with E-state index < -0.39 is 0 Å². The van der Waals surface area contributed by atoms with E-state index in [4.69, 9.17) is 0 Å². The molecule has 1 saturated carbocycles. The lowest BCUT2D eigenvalue weighted by Gasteiger charge is -2.38. The van der Waals surface area contributed by atoms with Gasteiger partial charge in [-0.2, -0.15) is 0 Å². The number of aliphatic hydroxyl groups excluding tert-OH is 2. The maximum Gasteiger partial charge on any atom is 0.227 e. The number of hydrogen-bond acceptors (Lipinski definition) is 3. The van der Waals surface area contributed by atoms with Crippen molar-refractivity contribution in [3.63, 3.8) is 0 Å². The minimum atomic E-state index is -0.107. The second-order valence-corrected chi connectivity index (χ2v) is 7.45. The fourth-order valence-electron chi connectivity index (χ4n) is 3.81. The highest BCUT2D eigenvalue weighted by Crippen LogP contribution is 2.42. The molecule has 0 bridgehead atoms. The molecule has 0 heterocycles. The topological polar surface area (TPSA) is 69.6 Å². The zero-order valence-corrected chi connectivity index (χ0v) is 13.7. The van der Waals surface area contributed by atoms with E-state index in [1.807, 2.05) is 0 Å². The summed E-state index contributed by atoms with van der Waals surface area (Å²) in [7, 11) is 0. The number of hydrogen-bond donors (Lipinski definition) is 3. The number of anilines is 1. The molecule has 122 valence electrons. The van der Waals surface area contributed by atoms with Crippen LogP contribution < -0.4 is 5.32 Å². The van der Waals surface area contributed by atoms with Gasteiger partial charge in [-0.3, -0.25) is 4.79 Å². The number of rotatable bonds is 4. The molecule has 4 nitrogen and oxygen atoms in total. The van der Waals surface area contributed by atoms with E-state index in [2.05, 4.69) is 26.1 Å². The molecule has 0 radical (unpaired) electrons. The van der Waals surface area contributed by atoms with Crippen molar-refractivity contribution < 1.29 is 15.0 Å². The molecular weight excluding hydrogens is 278 g/mol. The summed E-state index contributed by atoms with van der Waals surface area (Å²) in [5.74, 6) is 0.615. The Labute approximate surface area is 132 Å². The summed E-state index contributed by atoms with van der Waals surface area (Å²) in [6.07, 6.45) is 2.98. The molecule has 1 aromatic carbocycles. The average Bonchev–Trinajstić information content (AvgIpc) is 2.44. The van der Waals surface area contributed by atoms with Crippen LogP contribution in [0.4, 0.5) is 5.69 Å². The molecule has 1 aliphatic carbocycles. The lowest BCUT2D eigenvalue weighted by Crippen LogP contribution is -2.34. The predicted molar refractivity (Wildman–Crippen MR) is 87.2 cm³/mol. The van der Waals surface area contributed by atoms with Gasteiger partial charge in [-0.15, -0.1) is 0 Å². The second kappa shape index (κ2) is 6.80. The van der Waals surface area contributed by atoms with Gasteiger partial charge in [0.1, 0.15) is 0 Å². The highest BCUT2D eigenvalue weighted by molar-refractivity contribution is 5.92. The highest BCUT2D eigenvalue weighted by Gasteiger charge is 2.35. The molecule has 22 heavy (non-hydrogen) atoms. The molecule has 0 aliphatic heterocycles. The fraction of sp³-hybridized carbons (Fsp3) is 0.611. The van der Waals surface area contributed by atoms with Crippen molar-refractivity contribution in [1.82, 2.24) is 0 Å². The predicted octanol–water partition coefficient (Wildman–Crippen LogP) is 3.07. The van der Waals surface area contributed by atoms with Gasteiger partial charge in [0.15, 0.2) is 0 Å². The molecule has 2 atom stereocenters. The highest BCUT2D eigenvalue weighted by atomic mass is 16.3. The Bertz CT molecular complexity index is 517. The van der Waals surface area contributed by atoms with E-state index in [-0.39, 0.29) is 30.5 Å². The Kier molecular flexibility index (Phi) is 5.24. The molecule has 2 rings (SSSR count). The molecule has 0 aromatic heterocycles. The van der Waals surface area contributed by atoms with Crippen molar-refractivity contribution in [3.05, 3.63) is 29.3 Å². The summed E-state index contributed by atoms with van der Waals surface area (Å²) in [6, 6.07) is 5.25. The van der Waals surface area contributed by atoms with Crippen molar-refractivity contribution in [2.45, 2.75) is 53.2 Å². The summed E-state index contributed by atoms with van der Waals surface area (Å²) in [5.41, 5.74) is 2.23. The Morgan fingerprint density at radius 1 is 1.18 bits per heavy atom. The first-order valence-corrected chi connectivity index (χ1v) is 7.98. The van der Waals surface area contributed by atoms with Gasteiger partial charge in [-0.05, 0) is 53.9 Å². The van der Waals surface area contributed by atoms with Crippen LogP contribution in [0.15, 0.2) is 18.2 Å². The van der Waals surface area contributed by atoms with Crippen molar-refractivity contribution >= 4 is 11.6 Å². The Balaban J connectivity index is 2.11. The molecule has 1 amide bonds. The SMILES string of the molecule is CC1CC(C(=O)Nc2cc(CO)cc(CO)c2)CC(C)(C)C1. The molecule has 2 unspecified atom stereocenters. The van der Waals surface area contributed by atoms with E-state index in [9.17, 15) is 15.0 Å². The quantitative estimate of drug-likeness (QED) is 0.800. The summed E-state index contributed by atoms with van der Waals surface area (Å²) < 4.78 is 0. The van der Waals surface area contributed by atoms with E-state index in [0.717, 1.165) is 19.3 Å². The number of amides is 1. The molecule has 3 N–H and O–H groups in total. The van der Waals surface area contributed by atoms with Crippen LogP contribution >= 0.6 is 0 Å². The zero-order chi connectivity index (χ0) is 16.3. The largest absolute Gasteiger partial charge is 0.392 e. The van der Waals surface area contributed by atoms with Crippen molar-refractivity contribution in [2.24, 2.45) is 17.3 Å². The number of carbonyl (C=O) groups excluding carboxylic acids is 1. The summed E-state index contributed by atoms with van der Waals surface area (Å²) in [4.78, 5) is 12.6. The first-order valence-electron chi connectivity index (χ1n) is 7.98. The minimum absolute atomic E-state index is 0.0223. The number of nitrogens with one attached hydrogen (secondary N) is 1. The molecule has 1 fully saturated rings. The Hall–Kier alpha value is -1.39. The molecule has 1 aliphatic rings. The number of benzene rings is 1. The molecule has 0 saturated heterocycles. The minimum Gasteiger partial charge on any atom is -0.392 e. The third-order valence-electron chi connectivity index (χ3n) is 4.44. The molecular formula is C18H27NO3. The molecule has 4 heteroatoms. The van der Waals surface area contributed by atoms with E-state index in [0.29, 0.717) is 22.7 Å². The van der Waals surface area contributed by atoms with Gasteiger partial charge >= 0.3 is 0 Å². The van der Waals surface area contributed by atoms with Gasteiger partial charge in [-0.1, -0.05) is 26.8 Å².